The largest absolute Gasteiger partial charge is 0.504 e. The molecular weight excluding hydrogens is 226 g/mol. The van der Waals surface area contributed by atoms with E-state index in [9.17, 15) is 15.0 Å². The molecule has 1 aromatic rings. The first kappa shape index (κ1) is 12.6. The van der Waals surface area contributed by atoms with Crippen LogP contribution in [-0.4, -0.2) is 45.7 Å². The molecular formula is C10H13N3O4. The van der Waals surface area contributed by atoms with Gasteiger partial charge in [-0.2, -0.15) is 0 Å². The van der Waals surface area contributed by atoms with Gasteiger partial charge in [-0.15, -0.1) is 0 Å². The first-order valence-electron chi connectivity index (χ1n) is 4.70. The van der Waals surface area contributed by atoms with E-state index in [2.05, 4.69) is 5.16 Å². The van der Waals surface area contributed by atoms with Crippen molar-refractivity contribution in [3.63, 3.8) is 0 Å². The summed E-state index contributed by atoms with van der Waals surface area (Å²) >= 11 is 0. The number of hydrogen-bond acceptors (Lipinski definition) is 5. The predicted molar refractivity (Wildman–Crippen MR) is 60.1 cm³/mol. The van der Waals surface area contributed by atoms with Crippen molar-refractivity contribution in [3.05, 3.63) is 23.8 Å². The minimum absolute atomic E-state index is 0.0572. The fourth-order valence-corrected chi connectivity index (χ4v) is 1.26. The number of nitrogens with two attached hydrogens (primary N) is 1. The van der Waals surface area contributed by atoms with Gasteiger partial charge in [0.15, 0.2) is 17.3 Å². The molecule has 1 aromatic carbocycles. The number of para-hydroxylation sites is 1. The Labute approximate surface area is 97.4 Å². The van der Waals surface area contributed by atoms with Crippen molar-refractivity contribution in [1.82, 2.24) is 4.90 Å². The van der Waals surface area contributed by atoms with Gasteiger partial charge in [-0.25, -0.2) is 0 Å². The van der Waals surface area contributed by atoms with E-state index in [-0.39, 0.29) is 23.7 Å². The predicted octanol–water partition coefficient (Wildman–Crippen LogP) is -0.0838. The average molecular weight is 239 g/mol. The summed E-state index contributed by atoms with van der Waals surface area (Å²) in [4.78, 5) is 13.0. The van der Waals surface area contributed by atoms with E-state index in [4.69, 9.17) is 10.9 Å². The van der Waals surface area contributed by atoms with Crippen molar-refractivity contribution >= 4 is 11.7 Å². The maximum absolute atomic E-state index is 11.8. The van der Waals surface area contributed by atoms with E-state index >= 15 is 0 Å². The van der Waals surface area contributed by atoms with Crippen molar-refractivity contribution in [1.29, 1.82) is 0 Å². The Morgan fingerprint density at radius 1 is 1.47 bits per heavy atom. The molecule has 0 spiro atoms. The maximum Gasteiger partial charge on any atom is 0.257 e. The molecule has 0 aliphatic rings. The molecule has 1 rings (SSSR count). The third-order valence-corrected chi connectivity index (χ3v) is 2.12. The van der Waals surface area contributed by atoms with Crippen LogP contribution in [0.25, 0.3) is 0 Å². The topological polar surface area (TPSA) is 119 Å². The third kappa shape index (κ3) is 2.77. The molecule has 17 heavy (non-hydrogen) atoms. The molecule has 0 unspecified atom stereocenters. The van der Waals surface area contributed by atoms with Crippen molar-refractivity contribution in [2.45, 2.75) is 0 Å². The van der Waals surface area contributed by atoms with E-state index < -0.39 is 11.7 Å². The number of likely N-dealkylation sites (N-methyl/N-ethyl adjacent to an activating group) is 1. The lowest BCUT2D eigenvalue weighted by atomic mass is 10.1. The highest BCUT2D eigenvalue weighted by Crippen LogP contribution is 2.28. The lowest BCUT2D eigenvalue weighted by Gasteiger charge is -2.16. The van der Waals surface area contributed by atoms with Gasteiger partial charge >= 0.3 is 0 Å². The molecule has 0 radical (unpaired) electrons. The number of phenols is 2. The highest BCUT2D eigenvalue weighted by molar-refractivity contribution is 5.99. The number of oxime groups is 1. The number of amidine groups is 1. The third-order valence-electron chi connectivity index (χ3n) is 2.12. The van der Waals surface area contributed by atoms with Crippen LogP contribution in [0.3, 0.4) is 0 Å². The summed E-state index contributed by atoms with van der Waals surface area (Å²) in [5.41, 5.74) is 5.19. The Morgan fingerprint density at radius 2 is 2.12 bits per heavy atom. The Balaban J connectivity index is 2.93. The van der Waals surface area contributed by atoms with E-state index in [1.165, 1.54) is 25.2 Å². The van der Waals surface area contributed by atoms with Gasteiger partial charge in [0, 0.05) is 7.05 Å². The smallest absolute Gasteiger partial charge is 0.257 e. The molecule has 5 N–H and O–H groups in total. The van der Waals surface area contributed by atoms with Crippen molar-refractivity contribution in [3.8, 4) is 11.5 Å². The molecule has 0 saturated heterocycles. The summed E-state index contributed by atoms with van der Waals surface area (Å²) in [6.45, 7) is -0.0928. The number of rotatable bonds is 3. The van der Waals surface area contributed by atoms with Gasteiger partial charge in [0.05, 0.1) is 12.1 Å². The minimum atomic E-state index is -0.551. The Bertz CT molecular complexity index is 459. The van der Waals surface area contributed by atoms with Gasteiger partial charge in [0.1, 0.15) is 0 Å². The number of benzene rings is 1. The number of nitrogens with zero attached hydrogens (tertiary/aromatic N) is 2. The van der Waals surface area contributed by atoms with Crippen molar-refractivity contribution in [2.24, 2.45) is 10.9 Å². The molecule has 0 bridgehead atoms. The molecule has 0 saturated carbocycles. The van der Waals surface area contributed by atoms with Gasteiger partial charge in [-0.05, 0) is 12.1 Å². The van der Waals surface area contributed by atoms with Crippen LogP contribution >= 0.6 is 0 Å². The van der Waals surface area contributed by atoms with E-state index in [0.29, 0.717) is 0 Å². The van der Waals surface area contributed by atoms with Crippen LogP contribution in [0.1, 0.15) is 10.4 Å². The van der Waals surface area contributed by atoms with E-state index in [1.807, 2.05) is 0 Å². The first-order valence-corrected chi connectivity index (χ1v) is 4.70. The Morgan fingerprint density at radius 3 is 2.71 bits per heavy atom. The number of carbonyl (C=O) groups is 1. The molecule has 92 valence electrons. The molecule has 7 nitrogen and oxygen atoms in total. The monoisotopic (exact) mass is 239 g/mol. The number of amides is 1. The standard InChI is InChI=1S/C10H13N3O4/c1-13(5-8(11)12-17)10(16)6-3-2-4-7(14)9(6)15/h2-4,14-15,17H,5H2,1H3,(H2,11,12). The van der Waals surface area contributed by atoms with Crippen LogP contribution in [-0.2, 0) is 0 Å². The lowest BCUT2D eigenvalue weighted by molar-refractivity contribution is 0.0810. The van der Waals surface area contributed by atoms with Crippen LogP contribution in [0, 0.1) is 0 Å². The van der Waals surface area contributed by atoms with E-state index in [1.54, 1.807) is 0 Å². The number of phenolic OH excluding ortho intramolecular Hbond substituents is 2. The molecule has 0 aliphatic carbocycles. The van der Waals surface area contributed by atoms with E-state index in [0.717, 1.165) is 4.90 Å². The molecule has 0 atom stereocenters. The second kappa shape index (κ2) is 5.06. The quantitative estimate of drug-likeness (QED) is 0.193. The van der Waals surface area contributed by atoms with Crippen molar-refractivity contribution in [2.75, 3.05) is 13.6 Å². The SMILES string of the molecule is CN(C/C(N)=N/O)C(=O)c1cccc(O)c1O. The summed E-state index contributed by atoms with van der Waals surface area (Å²) in [6.07, 6.45) is 0. The highest BCUT2D eigenvalue weighted by Gasteiger charge is 2.18. The number of hydrogen-bond donors (Lipinski definition) is 4. The summed E-state index contributed by atoms with van der Waals surface area (Å²) in [5, 5.41) is 29.9. The zero-order valence-corrected chi connectivity index (χ0v) is 9.16. The highest BCUT2D eigenvalue weighted by atomic mass is 16.4. The van der Waals surface area contributed by atoms with Crippen LogP contribution in [0.5, 0.6) is 11.5 Å². The Hall–Kier alpha value is -2.44. The second-order valence-electron chi connectivity index (χ2n) is 3.43. The summed E-state index contributed by atoms with van der Waals surface area (Å²) in [5.74, 6) is -1.57. The summed E-state index contributed by atoms with van der Waals surface area (Å²) < 4.78 is 0. The van der Waals surface area contributed by atoms with Gasteiger partial charge in [-0.3, -0.25) is 4.79 Å². The van der Waals surface area contributed by atoms with Gasteiger partial charge in [0.2, 0.25) is 0 Å². The minimum Gasteiger partial charge on any atom is -0.504 e. The van der Waals surface area contributed by atoms with Crippen LogP contribution < -0.4 is 5.73 Å². The van der Waals surface area contributed by atoms with Gasteiger partial charge in [-0.1, -0.05) is 11.2 Å². The molecule has 7 heteroatoms. The van der Waals surface area contributed by atoms with Crippen LogP contribution in [0.15, 0.2) is 23.4 Å². The summed E-state index contributed by atoms with van der Waals surface area (Å²) in [6, 6.07) is 4.05. The summed E-state index contributed by atoms with van der Waals surface area (Å²) in [7, 11) is 1.42. The van der Waals surface area contributed by atoms with Gasteiger partial charge < -0.3 is 26.1 Å². The fraction of sp³-hybridized carbons (Fsp3) is 0.200. The zero-order chi connectivity index (χ0) is 13.0. The molecule has 0 aromatic heterocycles. The first-order chi connectivity index (χ1) is 7.97. The maximum atomic E-state index is 11.8. The lowest BCUT2D eigenvalue weighted by Crippen LogP contribution is -2.35. The van der Waals surface area contributed by atoms with Crippen molar-refractivity contribution < 1.29 is 20.2 Å². The Kier molecular flexibility index (Phi) is 3.76. The zero-order valence-electron chi connectivity index (χ0n) is 9.16. The average Bonchev–Trinajstić information content (AvgIpc) is 2.31. The number of carbonyl (C=O) groups excluding carboxylic acids is 1. The molecule has 0 heterocycles. The fourth-order valence-electron chi connectivity index (χ4n) is 1.26. The molecule has 0 aliphatic heterocycles. The second-order valence-corrected chi connectivity index (χ2v) is 3.43. The number of aromatic hydroxyl groups is 2. The molecule has 1 amide bonds. The van der Waals surface area contributed by atoms with Crippen LogP contribution in [0.2, 0.25) is 0 Å². The van der Waals surface area contributed by atoms with Crippen LogP contribution in [0.4, 0.5) is 0 Å². The molecule has 0 fully saturated rings. The normalized spacial score (nSPS) is 11.2. The van der Waals surface area contributed by atoms with Gasteiger partial charge in [0.25, 0.3) is 5.91 Å².